The van der Waals surface area contributed by atoms with Crippen molar-refractivity contribution in [3.8, 4) is 5.75 Å². The smallest absolute Gasteiger partial charge is 0.306 e. The molecule has 0 aliphatic carbocycles. The number of carbonyl (C=O) groups excluding carboxylic acids is 2. The highest BCUT2D eigenvalue weighted by Gasteiger charge is 2.30. The number of hydrogen-bond acceptors (Lipinski definition) is 6. The van der Waals surface area contributed by atoms with E-state index < -0.39 is 0 Å². The molecule has 1 aromatic heterocycles. The third-order valence-corrected chi connectivity index (χ3v) is 8.83. The van der Waals surface area contributed by atoms with Crippen LogP contribution in [0.2, 0.25) is 0 Å². The first-order valence-corrected chi connectivity index (χ1v) is 15.1. The molecule has 0 bridgehead atoms. The molecule has 0 radical (unpaired) electrons. The maximum atomic E-state index is 13.8. The Balaban J connectivity index is 1.33. The minimum atomic E-state index is -0.238. The molecule has 1 atom stereocenters. The molecule has 2 aliphatic rings. The summed E-state index contributed by atoms with van der Waals surface area (Å²) in [6.07, 6.45) is 2.78. The second-order valence-electron chi connectivity index (χ2n) is 11.2. The lowest BCUT2D eigenvalue weighted by atomic mass is 9.83. The number of ether oxygens (including phenoxy) is 2. The number of amides is 1. The van der Waals surface area contributed by atoms with E-state index in [0.29, 0.717) is 31.9 Å². The molecule has 1 unspecified atom stereocenters. The molecule has 8 heteroatoms. The molecule has 8 nitrogen and oxygen atoms in total. The fourth-order valence-corrected chi connectivity index (χ4v) is 6.59. The van der Waals surface area contributed by atoms with Crippen molar-refractivity contribution in [2.45, 2.75) is 72.4 Å². The number of fused-ring (bicyclic) bond motifs is 3. The van der Waals surface area contributed by atoms with Gasteiger partial charge in [0.25, 0.3) is 5.91 Å². The lowest BCUT2D eigenvalue weighted by Gasteiger charge is -2.30. The zero-order valence-corrected chi connectivity index (χ0v) is 24.9. The molecular weight excluding hydrogens is 528 g/mol. The van der Waals surface area contributed by atoms with Gasteiger partial charge in [-0.05, 0) is 79.1 Å². The van der Waals surface area contributed by atoms with Gasteiger partial charge in [-0.1, -0.05) is 42.5 Å². The summed E-state index contributed by atoms with van der Waals surface area (Å²) in [7, 11) is 0. The molecule has 0 spiro atoms. The maximum Gasteiger partial charge on any atom is 0.306 e. The Bertz CT molecular complexity index is 1670. The summed E-state index contributed by atoms with van der Waals surface area (Å²) in [6.45, 7) is 10.9. The summed E-state index contributed by atoms with van der Waals surface area (Å²) >= 11 is 0. The third-order valence-electron chi connectivity index (χ3n) is 8.83. The minimum absolute atomic E-state index is 0.00948. The normalized spacial score (nSPS) is 14.8. The van der Waals surface area contributed by atoms with Gasteiger partial charge in [-0.3, -0.25) is 9.59 Å². The van der Waals surface area contributed by atoms with E-state index in [2.05, 4.69) is 47.6 Å². The number of esters is 1. The summed E-state index contributed by atoms with van der Waals surface area (Å²) in [4.78, 5) is 28.6. The van der Waals surface area contributed by atoms with Crippen molar-refractivity contribution < 1.29 is 19.1 Å². The monoisotopic (exact) mass is 566 g/mol. The molecule has 3 heterocycles. The predicted octanol–water partition coefficient (Wildman–Crippen LogP) is 5.54. The van der Waals surface area contributed by atoms with E-state index >= 15 is 0 Å². The highest BCUT2D eigenvalue weighted by atomic mass is 16.5. The van der Waals surface area contributed by atoms with E-state index in [-0.39, 0.29) is 24.2 Å². The fourth-order valence-electron chi connectivity index (χ4n) is 6.59. The van der Waals surface area contributed by atoms with Gasteiger partial charge in [-0.15, -0.1) is 5.10 Å². The molecule has 218 valence electrons. The molecule has 1 amide bonds. The molecule has 6 rings (SSSR count). The number of aryl methyl sites for hydroxylation is 3. The largest absolute Gasteiger partial charge is 0.492 e. The lowest BCUT2D eigenvalue weighted by Crippen LogP contribution is -2.36. The Morgan fingerprint density at radius 1 is 1.05 bits per heavy atom. The van der Waals surface area contributed by atoms with Gasteiger partial charge < -0.3 is 14.4 Å². The summed E-state index contributed by atoms with van der Waals surface area (Å²) in [5.74, 6) is 0.322. The van der Waals surface area contributed by atoms with Crippen LogP contribution in [0.25, 0.3) is 11.0 Å². The number of carbonyl (C=O) groups is 2. The third kappa shape index (κ3) is 4.93. The van der Waals surface area contributed by atoms with Crippen LogP contribution in [0.3, 0.4) is 0 Å². The van der Waals surface area contributed by atoms with E-state index in [0.717, 1.165) is 64.8 Å². The number of hydrogen-bond donors (Lipinski definition) is 0. The summed E-state index contributed by atoms with van der Waals surface area (Å²) < 4.78 is 13.2. The zero-order chi connectivity index (χ0) is 29.4. The van der Waals surface area contributed by atoms with E-state index in [1.807, 2.05) is 42.5 Å². The van der Waals surface area contributed by atoms with Crippen molar-refractivity contribution in [1.29, 1.82) is 0 Å². The Labute approximate surface area is 246 Å². The standard InChI is InChI=1S/C34H38N4O4/c1-5-22-10-11-28(33-27(22)15-17-42-33)34(40)37-16-14-23-8-9-24(18-25(23)20-37)29(19-31(39)41-7-3)26-12-13-30-32(21(26)4)35-36-38(30)6-2/h8-13,18,29H,5-7,14-17,19-20H2,1-4H3. The second kappa shape index (κ2) is 11.6. The molecule has 2 aliphatic heterocycles. The van der Waals surface area contributed by atoms with Crippen LogP contribution in [-0.2, 0) is 41.9 Å². The Kier molecular flexibility index (Phi) is 7.71. The van der Waals surface area contributed by atoms with Crippen LogP contribution in [0.4, 0.5) is 0 Å². The molecule has 0 saturated heterocycles. The Morgan fingerprint density at radius 3 is 2.69 bits per heavy atom. The van der Waals surface area contributed by atoms with Gasteiger partial charge in [0, 0.05) is 37.5 Å². The SMILES string of the molecule is CCOC(=O)CC(c1ccc2c(c1)CN(C(=O)c1ccc(CC)c3c1OCC3)CC2)c1ccc2c(nnn2CC)c1C. The Morgan fingerprint density at radius 2 is 1.90 bits per heavy atom. The van der Waals surface area contributed by atoms with Crippen LogP contribution in [0.15, 0.2) is 42.5 Å². The first-order chi connectivity index (χ1) is 20.4. The first kappa shape index (κ1) is 27.9. The van der Waals surface area contributed by atoms with Crippen LogP contribution in [0, 0.1) is 6.92 Å². The van der Waals surface area contributed by atoms with Crippen LogP contribution in [-0.4, -0.2) is 51.5 Å². The zero-order valence-electron chi connectivity index (χ0n) is 24.9. The average molecular weight is 567 g/mol. The molecule has 0 saturated carbocycles. The van der Waals surface area contributed by atoms with Crippen molar-refractivity contribution >= 4 is 22.9 Å². The van der Waals surface area contributed by atoms with Crippen LogP contribution < -0.4 is 4.74 Å². The van der Waals surface area contributed by atoms with Gasteiger partial charge in [0.2, 0.25) is 0 Å². The highest BCUT2D eigenvalue weighted by molar-refractivity contribution is 5.98. The Hall–Kier alpha value is -4.20. The number of nitrogens with zero attached hydrogens (tertiary/aromatic N) is 4. The van der Waals surface area contributed by atoms with Crippen molar-refractivity contribution in [3.63, 3.8) is 0 Å². The van der Waals surface area contributed by atoms with E-state index in [4.69, 9.17) is 9.47 Å². The van der Waals surface area contributed by atoms with Gasteiger partial charge in [-0.2, -0.15) is 0 Å². The minimum Gasteiger partial charge on any atom is -0.492 e. The van der Waals surface area contributed by atoms with E-state index in [1.54, 1.807) is 0 Å². The fraction of sp³-hybridized carbons (Fsp3) is 0.412. The van der Waals surface area contributed by atoms with Gasteiger partial charge in [0.15, 0.2) is 0 Å². The number of benzene rings is 3. The molecular formula is C34H38N4O4. The molecule has 0 fully saturated rings. The predicted molar refractivity (Wildman–Crippen MR) is 161 cm³/mol. The number of rotatable bonds is 8. The van der Waals surface area contributed by atoms with Crippen LogP contribution >= 0.6 is 0 Å². The van der Waals surface area contributed by atoms with E-state index in [1.165, 1.54) is 16.7 Å². The maximum absolute atomic E-state index is 13.8. The molecule has 42 heavy (non-hydrogen) atoms. The van der Waals surface area contributed by atoms with Crippen molar-refractivity contribution in [1.82, 2.24) is 19.9 Å². The second-order valence-corrected chi connectivity index (χ2v) is 11.2. The topological polar surface area (TPSA) is 86.6 Å². The highest BCUT2D eigenvalue weighted by Crippen LogP contribution is 2.37. The lowest BCUT2D eigenvalue weighted by molar-refractivity contribution is -0.143. The summed E-state index contributed by atoms with van der Waals surface area (Å²) in [5, 5.41) is 8.75. The quantitative estimate of drug-likeness (QED) is 0.260. The van der Waals surface area contributed by atoms with Crippen molar-refractivity contribution in [2.75, 3.05) is 19.8 Å². The van der Waals surface area contributed by atoms with Crippen molar-refractivity contribution in [3.05, 3.63) is 87.0 Å². The van der Waals surface area contributed by atoms with Gasteiger partial charge in [-0.25, -0.2) is 4.68 Å². The van der Waals surface area contributed by atoms with E-state index in [9.17, 15) is 9.59 Å². The average Bonchev–Trinajstić information content (AvgIpc) is 3.67. The van der Waals surface area contributed by atoms with Gasteiger partial charge in [0.05, 0.1) is 30.7 Å². The van der Waals surface area contributed by atoms with Crippen LogP contribution in [0.5, 0.6) is 5.75 Å². The van der Waals surface area contributed by atoms with Crippen LogP contribution in [0.1, 0.15) is 82.4 Å². The van der Waals surface area contributed by atoms with Gasteiger partial charge in [0.1, 0.15) is 11.3 Å². The first-order valence-electron chi connectivity index (χ1n) is 15.1. The van der Waals surface area contributed by atoms with Gasteiger partial charge >= 0.3 is 5.97 Å². The molecule has 3 aromatic carbocycles. The molecule has 4 aromatic rings. The summed E-state index contributed by atoms with van der Waals surface area (Å²) in [5.41, 5.74) is 10.3. The van der Waals surface area contributed by atoms with Crippen molar-refractivity contribution in [2.24, 2.45) is 0 Å². The number of aromatic nitrogens is 3. The molecule has 0 N–H and O–H groups in total. The summed E-state index contributed by atoms with van der Waals surface area (Å²) in [6, 6.07) is 14.6.